The molecule has 2 amide bonds. The number of halogens is 3. The number of hydrogen-bond acceptors (Lipinski definition) is 6. The Morgan fingerprint density at radius 3 is 2.72 bits per heavy atom. The van der Waals surface area contributed by atoms with Crippen molar-refractivity contribution >= 4 is 38.5 Å². The normalized spacial score (nSPS) is 12.7. The van der Waals surface area contributed by atoms with Crippen LogP contribution in [0, 0.1) is 0 Å². The summed E-state index contributed by atoms with van der Waals surface area (Å²) >= 11 is 0.995. The molecule has 0 saturated heterocycles. The fraction of sp³-hybridized carbons (Fsp3) is 0.357. The first kappa shape index (κ1) is 18.9. The Hall–Kier alpha value is -2.40. The van der Waals surface area contributed by atoms with Gasteiger partial charge in [-0.05, 0) is 26.1 Å². The van der Waals surface area contributed by atoms with E-state index in [1.54, 1.807) is 14.0 Å². The number of anilines is 1. The number of nitrogens with one attached hydrogen (secondary N) is 3. The molecule has 0 spiro atoms. The van der Waals surface area contributed by atoms with Crippen LogP contribution in [0.3, 0.4) is 0 Å². The molecule has 1 unspecified atom stereocenters. The average Bonchev–Trinajstić information content (AvgIpc) is 2.91. The molecular formula is C14H15F3N4O3S. The number of amides is 2. The van der Waals surface area contributed by atoms with E-state index in [-0.39, 0.29) is 23.3 Å². The summed E-state index contributed by atoms with van der Waals surface area (Å²) in [6, 6.07) is 3.24. The van der Waals surface area contributed by atoms with E-state index in [1.807, 2.05) is 0 Å². The lowest BCUT2D eigenvalue weighted by molar-refractivity contribution is -0.274. The molecular weight excluding hydrogens is 361 g/mol. The smallest absolute Gasteiger partial charge is 0.406 e. The standard InChI is InChI=1S/C14H15F3N4O3S/c1-7(18-2)12(23)19-6-11(22)21-13-20-9-4-3-8(5-10(9)25-13)24-14(15,16)17/h3-5,7,18H,6H2,1-2H3,(H,19,23)(H,20,21,22). The number of fused-ring (bicyclic) bond motifs is 1. The molecule has 11 heteroatoms. The Labute approximate surface area is 144 Å². The molecule has 0 fully saturated rings. The van der Waals surface area contributed by atoms with Gasteiger partial charge in [-0.3, -0.25) is 9.59 Å². The van der Waals surface area contributed by atoms with Gasteiger partial charge in [-0.1, -0.05) is 11.3 Å². The highest BCUT2D eigenvalue weighted by Crippen LogP contribution is 2.31. The fourth-order valence-electron chi connectivity index (χ4n) is 1.77. The molecule has 25 heavy (non-hydrogen) atoms. The summed E-state index contributed by atoms with van der Waals surface area (Å²) in [4.78, 5) is 27.5. The zero-order valence-corrected chi connectivity index (χ0v) is 14.0. The summed E-state index contributed by atoms with van der Waals surface area (Å²) in [5.74, 6) is -1.20. The van der Waals surface area contributed by atoms with Crippen LogP contribution in [-0.4, -0.2) is 42.8 Å². The van der Waals surface area contributed by atoms with E-state index >= 15 is 0 Å². The van der Waals surface area contributed by atoms with Crippen LogP contribution in [-0.2, 0) is 9.59 Å². The van der Waals surface area contributed by atoms with Gasteiger partial charge in [0.25, 0.3) is 0 Å². The highest BCUT2D eigenvalue weighted by atomic mass is 32.1. The maximum absolute atomic E-state index is 12.2. The minimum absolute atomic E-state index is 0.208. The lowest BCUT2D eigenvalue weighted by atomic mass is 10.3. The summed E-state index contributed by atoms with van der Waals surface area (Å²) in [7, 11) is 1.61. The van der Waals surface area contributed by atoms with E-state index in [1.165, 1.54) is 12.1 Å². The van der Waals surface area contributed by atoms with Gasteiger partial charge in [-0.2, -0.15) is 0 Å². The first-order valence-corrected chi connectivity index (χ1v) is 7.91. The number of aromatic nitrogens is 1. The highest BCUT2D eigenvalue weighted by Gasteiger charge is 2.31. The molecule has 1 aromatic heterocycles. The second kappa shape index (κ2) is 7.66. The Kier molecular flexibility index (Phi) is 5.80. The van der Waals surface area contributed by atoms with Crippen LogP contribution >= 0.6 is 11.3 Å². The third-order valence-corrected chi connectivity index (χ3v) is 4.02. The number of nitrogens with zero attached hydrogens (tertiary/aromatic N) is 1. The van der Waals surface area contributed by atoms with Crippen molar-refractivity contribution < 1.29 is 27.5 Å². The van der Waals surface area contributed by atoms with Gasteiger partial charge in [0.2, 0.25) is 11.8 Å². The predicted molar refractivity (Wildman–Crippen MR) is 86.5 cm³/mol. The van der Waals surface area contributed by atoms with E-state index in [2.05, 4.69) is 25.7 Å². The van der Waals surface area contributed by atoms with Gasteiger partial charge in [-0.25, -0.2) is 4.98 Å². The average molecular weight is 376 g/mol. The van der Waals surface area contributed by atoms with Crippen LogP contribution in [0.5, 0.6) is 5.75 Å². The molecule has 0 aliphatic rings. The van der Waals surface area contributed by atoms with E-state index < -0.39 is 18.3 Å². The van der Waals surface area contributed by atoms with E-state index in [4.69, 9.17) is 0 Å². The maximum atomic E-state index is 12.2. The minimum atomic E-state index is -4.78. The molecule has 136 valence electrons. The molecule has 0 bridgehead atoms. The largest absolute Gasteiger partial charge is 0.573 e. The first-order valence-electron chi connectivity index (χ1n) is 7.09. The van der Waals surface area contributed by atoms with Crippen molar-refractivity contribution in [3.05, 3.63) is 18.2 Å². The SMILES string of the molecule is CNC(C)C(=O)NCC(=O)Nc1nc2ccc(OC(F)(F)F)cc2s1. The quantitative estimate of drug-likeness (QED) is 0.716. The van der Waals surface area contributed by atoms with Crippen LogP contribution in [0.25, 0.3) is 10.2 Å². The van der Waals surface area contributed by atoms with Gasteiger partial charge >= 0.3 is 6.36 Å². The van der Waals surface area contributed by atoms with Crippen molar-refractivity contribution in [2.24, 2.45) is 0 Å². The van der Waals surface area contributed by atoms with E-state index in [9.17, 15) is 22.8 Å². The molecule has 1 aromatic carbocycles. The number of likely N-dealkylation sites (N-methyl/N-ethyl adjacent to an activating group) is 1. The van der Waals surface area contributed by atoms with Crippen LogP contribution in [0.4, 0.5) is 18.3 Å². The lowest BCUT2D eigenvalue weighted by Crippen LogP contribution is -2.43. The molecule has 2 rings (SSSR count). The molecule has 1 atom stereocenters. The topological polar surface area (TPSA) is 92.4 Å². The Morgan fingerprint density at radius 1 is 1.36 bits per heavy atom. The van der Waals surface area contributed by atoms with Crippen LogP contribution < -0.4 is 20.7 Å². The second-order valence-corrected chi connectivity index (χ2v) is 6.00. The zero-order chi connectivity index (χ0) is 18.6. The number of benzene rings is 1. The van der Waals surface area contributed by atoms with Crippen molar-refractivity contribution in [1.82, 2.24) is 15.6 Å². The molecule has 0 aliphatic heterocycles. The number of carbonyl (C=O) groups excluding carboxylic acids is 2. The lowest BCUT2D eigenvalue weighted by Gasteiger charge is -2.10. The number of hydrogen-bond donors (Lipinski definition) is 3. The van der Waals surface area contributed by atoms with Gasteiger partial charge < -0.3 is 20.7 Å². The van der Waals surface area contributed by atoms with Crippen molar-refractivity contribution in [2.45, 2.75) is 19.3 Å². The molecule has 1 heterocycles. The van der Waals surface area contributed by atoms with E-state index in [0.717, 1.165) is 17.4 Å². The third kappa shape index (κ3) is 5.57. The molecule has 0 saturated carbocycles. The molecule has 7 nitrogen and oxygen atoms in total. The van der Waals surface area contributed by atoms with Gasteiger partial charge in [0.1, 0.15) is 5.75 Å². The summed E-state index contributed by atoms with van der Waals surface area (Å²) in [6.45, 7) is 1.39. The number of ether oxygens (including phenoxy) is 1. The predicted octanol–water partition coefficient (Wildman–Crippen LogP) is 1.86. The second-order valence-electron chi connectivity index (χ2n) is 4.97. The molecule has 3 N–H and O–H groups in total. The summed E-state index contributed by atoms with van der Waals surface area (Å²) in [6.07, 6.45) is -4.78. The van der Waals surface area contributed by atoms with Crippen molar-refractivity contribution in [2.75, 3.05) is 18.9 Å². The number of rotatable bonds is 6. The maximum Gasteiger partial charge on any atom is 0.573 e. The minimum Gasteiger partial charge on any atom is -0.406 e. The monoisotopic (exact) mass is 376 g/mol. The van der Waals surface area contributed by atoms with Gasteiger partial charge in [0, 0.05) is 6.07 Å². The zero-order valence-electron chi connectivity index (χ0n) is 13.2. The Balaban J connectivity index is 1.99. The summed E-state index contributed by atoms with van der Waals surface area (Å²) < 4.78 is 40.9. The fourth-order valence-corrected chi connectivity index (χ4v) is 2.68. The van der Waals surface area contributed by atoms with Gasteiger partial charge in [0.15, 0.2) is 5.13 Å². The first-order chi connectivity index (χ1) is 11.7. The number of carbonyl (C=O) groups is 2. The summed E-state index contributed by atoms with van der Waals surface area (Å²) in [5.41, 5.74) is 0.419. The van der Waals surface area contributed by atoms with E-state index in [0.29, 0.717) is 10.2 Å². The summed E-state index contributed by atoms with van der Waals surface area (Å²) in [5, 5.41) is 7.86. The van der Waals surface area contributed by atoms with Gasteiger partial charge in [-0.15, -0.1) is 13.2 Å². The van der Waals surface area contributed by atoms with Crippen molar-refractivity contribution in [1.29, 1.82) is 0 Å². The van der Waals surface area contributed by atoms with Gasteiger partial charge in [0.05, 0.1) is 22.8 Å². The number of thiazole rings is 1. The molecule has 0 radical (unpaired) electrons. The highest BCUT2D eigenvalue weighted by molar-refractivity contribution is 7.22. The third-order valence-electron chi connectivity index (χ3n) is 3.09. The number of alkyl halides is 3. The van der Waals surface area contributed by atoms with Crippen molar-refractivity contribution in [3.63, 3.8) is 0 Å². The van der Waals surface area contributed by atoms with Crippen LogP contribution in [0.2, 0.25) is 0 Å². The molecule has 0 aliphatic carbocycles. The van der Waals surface area contributed by atoms with Crippen molar-refractivity contribution in [3.8, 4) is 5.75 Å². The Bertz CT molecular complexity index is 778. The van der Waals surface area contributed by atoms with Crippen LogP contribution in [0.1, 0.15) is 6.92 Å². The van der Waals surface area contributed by atoms with Crippen LogP contribution in [0.15, 0.2) is 18.2 Å². The Morgan fingerprint density at radius 2 is 2.08 bits per heavy atom. The molecule has 2 aromatic rings.